The molecule has 6 rings (SSSR count). The summed E-state index contributed by atoms with van der Waals surface area (Å²) in [6.07, 6.45) is 0.977. The zero-order chi connectivity index (χ0) is 24.6. The minimum Gasteiger partial charge on any atom is -0.493 e. The SMILES string of the molecule is COc1cc2c(cc1OC)[C@@H](c1cccc(Cl)c1)[NH+](Cc1c3ccccc3cc3ccccc13)CC2. The zero-order valence-corrected chi connectivity index (χ0v) is 21.3. The van der Waals surface area contributed by atoms with E-state index >= 15 is 0 Å². The molecule has 180 valence electrons. The van der Waals surface area contributed by atoms with Gasteiger partial charge in [-0.25, -0.2) is 0 Å². The third-order valence-electron chi connectivity index (χ3n) is 7.55. The average molecular weight is 495 g/mol. The van der Waals surface area contributed by atoms with Crippen molar-refractivity contribution in [2.45, 2.75) is 19.0 Å². The van der Waals surface area contributed by atoms with Crippen molar-refractivity contribution >= 4 is 33.1 Å². The van der Waals surface area contributed by atoms with E-state index in [2.05, 4.69) is 84.9 Å². The Morgan fingerprint density at radius 2 is 1.44 bits per heavy atom. The number of rotatable bonds is 5. The molecule has 1 N–H and O–H groups in total. The molecule has 0 spiro atoms. The molecule has 0 saturated heterocycles. The summed E-state index contributed by atoms with van der Waals surface area (Å²) in [5.74, 6) is 1.55. The number of benzene rings is 5. The highest BCUT2D eigenvalue weighted by atomic mass is 35.5. The summed E-state index contributed by atoms with van der Waals surface area (Å²) < 4.78 is 11.3. The van der Waals surface area contributed by atoms with E-state index in [1.807, 2.05) is 6.07 Å². The number of nitrogens with one attached hydrogen (secondary N) is 1. The fraction of sp³-hybridized carbons (Fsp3) is 0.188. The van der Waals surface area contributed by atoms with E-state index in [9.17, 15) is 0 Å². The molecule has 0 aliphatic carbocycles. The van der Waals surface area contributed by atoms with E-state index in [-0.39, 0.29) is 6.04 Å². The molecule has 1 unspecified atom stereocenters. The molecule has 1 heterocycles. The number of hydrogen-bond donors (Lipinski definition) is 1. The highest BCUT2D eigenvalue weighted by Crippen LogP contribution is 2.37. The summed E-state index contributed by atoms with van der Waals surface area (Å²) in [5, 5.41) is 5.98. The van der Waals surface area contributed by atoms with Gasteiger partial charge >= 0.3 is 0 Å². The van der Waals surface area contributed by atoms with Crippen LogP contribution in [0.1, 0.15) is 28.3 Å². The van der Waals surface area contributed by atoms with Crippen LogP contribution in [0, 0.1) is 0 Å². The normalized spacial score (nSPS) is 17.2. The first-order valence-electron chi connectivity index (χ1n) is 12.4. The van der Waals surface area contributed by atoms with Gasteiger partial charge in [0.2, 0.25) is 0 Å². The molecule has 36 heavy (non-hydrogen) atoms. The summed E-state index contributed by atoms with van der Waals surface area (Å²) in [4.78, 5) is 1.50. The van der Waals surface area contributed by atoms with Gasteiger partial charge in [-0.3, -0.25) is 0 Å². The van der Waals surface area contributed by atoms with Crippen molar-refractivity contribution in [3.8, 4) is 11.5 Å². The second-order valence-corrected chi connectivity index (χ2v) is 9.96. The Hall–Kier alpha value is -3.53. The lowest BCUT2D eigenvalue weighted by atomic mass is 9.86. The predicted octanol–water partition coefficient (Wildman–Crippen LogP) is 6.39. The second-order valence-electron chi connectivity index (χ2n) is 9.53. The minimum atomic E-state index is 0.130. The van der Waals surface area contributed by atoms with Crippen LogP contribution in [0.4, 0.5) is 0 Å². The van der Waals surface area contributed by atoms with Crippen molar-refractivity contribution in [1.29, 1.82) is 0 Å². The number of ether oxygens (including phenoxy) is 2. The van der Waals surface area contributed by atoms with Crippen molar-refractivity contribution in [3.63, 3.8) is 0 Å². The van der Waals surface area contributed by atoms with Gasteiger partial charge in [-0.15, -0.1) is 0 Å². The van der Waals surface area contributed by atoms with Crippen LogP contribution in [-0.4, -0.2) is 20.8 Å². The molecule has 5 aromatic carbocycles. The Kier molecular flexibility index (Phi) is 6.04. The summed E-state index contributed by atoms with van der Waals surface area (Å²) >= 11 is 6.51. The lowest BCUT2D eigenvalue weighted by molar-refractivity contribution is -0.941. The molecule has 0 aromatic heterocycles. The average Bonchev–Trinajstić information content (AvgIpc) is 2.91. The molecule has 0 saturated carbocycles. The molecule has 0 fully saturated rings. The van der Waals surface area contributed by atoms with Gasteiger partial charge in [0, 0.05) is 28.1 Å². The second kappa shape index (κ2) is 9.50. The highest BCUT2D eigenvalue weighted by molar-refractivity contribution is 6.30. The summed E-state index contributed by atoms with van der Waals surface area (Å²) in [7, 11) is 3.40. The maximum atomic E-state index is 6.51. The standard InChI is InChI=1S/C32H28ClNO2/c1-35-30-18-23-14-15-34(32(28(23)19-31(30)36-2)24-10-7-11-25(33)17-24)20-29-26-12-5-3-8-21(26)16-22-9-4-6-13-27(22)29/h3-13,16-19,32H,14-15,20H2,1-2H3/p+1/t32-/m1/s1. The maximum Gasteiger partial charge on any atom is 0.161 e. The molecule has 0 radical (unpaired) electrons. The van der Waals surface area contributed by atoms with Gasteiger partial charge in [0.05, 0.1) is 20.8 Å². The first-order chi connectivity index (χ1) is 17.7. The van der Waals surface area contributed by atoms with Gasteiger partial charge in [0.1, 0.15) is 12.6 Å². The van der Waals surface area contributed by atoms with Crippen molar-refractivity contribution < 1.29 is 14.4 Å². The number of methoxy groups -OCH3 is 2. The Balaban J connectivity index is 1.53. The van der Waals surface area contributed by atoms with E-state index in [1.165, 1.54) is 48.7 Å². The number of hydrogen-bond acceptors (Lipinski definition) is 2. The predicted molar refractivity (Wildman–Crippen MR) is 148 cm³/mol. The van der Waals surface area contributed by atoms with E-state index < -0.39 is 0 Å². The summed E-state index contributed by atoms with van der Waals surface area (Å²) in [6.45, 7) is 1.92. The maximum absolute atomic E-state index is 6.51. The minimum absolute atomic E-state index is 0.130. The largest absolute Gasteiger partial charge is 0.493 e. The van der Waals surface area contributed by atoms with E-state index in [0.717, 1.165) is 36.0 Å². The molecule has 4 heteroatoms. The molecular formula is C32H29ClNO2+. The number of quaternary nitrogens is 1. The van der Waals surface area contributed by atoms with Crippen LogP contribution in [0.15, 0.2) is 91.0 Å². The van der Waals surface area contributed by atoms with E-state index in [1.54, 1.807) is 14.2 Å². The summed E-state index contributed by atoms with van der Waals surface area (Å²) in [5.41, 5.74) is 5.20. The molecule has 0 bridgehead atoms. The van der Waals surface area contributed by atoms with Crippen LogP contribution >= 0.6 is 11.6 Å². The molecule has 2 atom stereocenters. The van der Waals surface area contributed by atoms with Crippen LogP contribution < -0.4 is 14.4 Å². The molecule has 1 aliphatic rings. The lowest BCUT2D eigenvalue weighted by Crippen LogP contribution is -3.12. The molecular weight excluding hydrogens is 466 g/mol. The fourth-order valence-electron chi connectivity index (χ4n) is 5.90. The van der Waals surface area contributed by atoms with Crippen molar-refractivity contribution in [3.05, 3.63) is 118 Å². The van der Waals surface area contributed by atoms with Crippen LogP contribution in [0.25, 0.3) is 21.5 Å². The first-order valence-corrected chi connectivity index (χ1v) is 12.8. The van der Waals surface area contributed by atoms with E-state index in [4.69, 9.17) is 21.1 Å². The van der Waals surface area contributed by atoms with Gasteiger partial charge in [-0.05, 0) is 57.4 Å². The Bertz CT molecular complexity index is 1520. The van der Waals surface area contributed by atoms with Crippen molar-refractivity contribution in [1.82, 2.24) is 0 Å². The summed E-state index contributed by atoms with van der Waals surface area (Å²) in [6, 6.07) is 32.6. The molecule has 1 aliphatic heterocycles. The highest BCUT2D eigenvalue weighted by Gasteiger charge is 2.34. The molecule has 3 nitrogen and oxygen atoms in total. The fourth-order valence-corrected chi connectivity index (χ4v) is 6.10. The van der Waals surface area contributed by atoms with Gasteiger partial charge in [-0.2, -0.15) is 0 Å². The van der Waals surface area contributed by atoms with Gasteiger partial charge < -0.3 is 14.4 Å². The lowest BCUT2D eigenvalue weighted by Gasteiger charge is -2.35. The Labute approximate surface area is 216 Å². The molecule has 0 amide bonds. The zero-order valence-electron chi connectivity index (χ0n) is 20.6. The third kappa shape index (κ3) is 3.99. The first kappa shape index (κ1) is 22.9. The smallest absolute Gasteiger partial charge is 0.161 e. The van der Waals surface area contributed by atoms with Gasteiger partial charge in [0.25, 0.3) is 0 Å². The van der Waals surface area contributed by atoms with Crippen molar-refractivity contribution in [2.75, 3.05) is 20.8 Å². The Morgan fingerprint density at radius 3 is 2.11 bits per heavy atom. The number of fused-ring (bicyclic) bond motifs is 3. The van der Waals surface area contributed by atoms with Crippen molar-refractivity contribution in [2.24, 2.45) is 0 Å². The topological polar surface area (TPSA) is 22.9 Å². The van der Waals surface area contributed by atoms with Crippen LogP contribution in [-0.2, 0) is 13.0 Å². The third-order valence-corrected chi connectivity index (χ3v) is 7.78. The van der Waals surface area contributed by atoms with Gasteiger partial charge in [-0.1, -0.05) is 72.3 Å². The molecule has 5 aromatic rings. The van der Waals surface area contributed by atoms with E-state index in [0.29, 0.717) is 0 Å². The van der Waals surface area contributed by atoms with Gasteiger partial charge in [0.15, 0.2) is 11.5 Å². The quantitative estimate of drug-likeness (QED) is 0.286. The van der Waals surface area contributed by atoms with Crippen LogP contribution in [0.5, 0.6) is 11.5 Å². The Morgan fingerprint density at radius 1 is 0.778 bits per heavy atom. The van der Waals surface area contributed by atoms with Crippen LogP contribution in [0.2, 0.25) is 5.02 Å². The monoisotopic (exact) mass is 494 g/mol. The van der Waals surface area contributed by atoms with Crippen LogP contribution in [0.3, 0.4) is 0 Å². The number of halogens is 1.